The average molecular weight is 473 g/mol. The lowest BCUT2D eigenvalue weighted by molar-refractivity contribution is -0.120. The van der Waals surface area contributed by atoms with Gasteiger partial charge in [-0.1, -0.05) is 44.7 Å². The molecular weight excluding hydrogens is 436 g/mol. The molecule has 6 nitrogen and oxygen atoms in total. The number of hydrogen-bond donors (Lipinski definition) is 3. The number of imidazole rings is 1. The molecule has 35 heavy (non-hydrogen) atoms. The summed E-state index contributed by atoms with van der Waals surface area (Å²) in [5.41, 5.74) is 4.12. The molecule has 0 radical (unpaired) electrons. The van der Waals surface area contributed by atoms with Gasteiger partial charge in [0.25, 0.3) is 5.91 Å². The van der Waals surface area contributed by atoms with E-state index in [1.807, 2.05) is 42.5 Å². The highest BCUT2D eigenvalue weighted by Crippen LogP contribution is 2.27. The maximum Gasteiger partial charge on any atom is 0.251 e. The van der Waals surface area contributed by atoms with Crippen molar-refractivity contribution in [2.45, 2.75) is 77.2 Å². The van der Waals surface area contributed by atoms with Gasteiger partial charge in [0.1, 0.15) is 5.82 Å². The van der Waals surface area contributed by atoms with Crippen molar-refractivity contribution in [3.05, 3.63) is 48.0 Å². The van der Waals surface area contributed by atoms with Crippen LogP contribution in [0.3, 0.4) is 0 Å². The Morgan fingerprint density at radius 2 is 1.60 bits per heavy atom. The van der Waals surface area contributed by atoms with Gasteiger partial charge >= 0.3 is 0 Å². The molecule has 0 bridgehead atoms. The van der Waals surface area contributed by atoms with Crippen LogP contribution in [0.25, 0.3) is 22.4 Å². The molecule has 2 aliphatic carbocycles. The third kappa shape index (κ3) is 5.75. The van der Waals surface area contributed by atoms with Crippen LogP contribution in [0.4, 0.5) is 5.69 Å². The fraction of sp³-hybridized carbons (Fsp3) is 0.483. The molecule has 3 N–H and O–H groups in total. The van der Waals surface area contributed by atoms with Crippen LogP contribution in [0.2, 0.25) is 0 Å². The molecule has 0 atom stereocenters. The van der Waals surface area contributed by atoms with Gasteiger partial charge in [0.2, 0.25) is 5.91 Å². The number of nitrogens with zero attached hydrogens (tertiary/aromatic N) is 1. The first-order valence-corrected chi connectivity index (χ1v) is 13.3. The zero-order valence-corrected chi connectivity index (χ0v) is 20.6. The van der Waals surface area contributed by atoms with E-state index >= 15 is 0 Å². The van der Waals surface area contributed by atoms with Crippen LogP contribution in [0.5, 0.6) is 0 Å². The van der Waals surface area contributed by atoms with Crippen molar-refractivity contribution in [2.75, 3.05) is 5.32 Å². The molecule has 184 valence electrons. The molecule has 2 aromatic carbocycles. The number of carbonyl (C=O) groups is 2. The molecule has 0 aliphatic heterocycles. The zero-order chi connectivity index (χ0) is 24.2. The summed E-state index contributed by atoms with van der Waals surface area (Å²) >= 11 is 0. The summed E-state index contributed by atoms with van der Waals surface area (Å²) in [6, 6.07) is 13.7. The lowest BCUT2D eigenvalue weighted by atomic mass is 9.87. The van der Waals surface area contributed by atoms with Crippen molar-refractivity contribution in [3.63, 3.8) is 0 Å². The van der Waals surface area contributed by atoms with Crippen LogP contribution < -0.4 is 10.6 Å². The van der Waals surface area contributed by atoms with Crippen molar-refractivity contribution in [2.24, 2.45) is 11.8 Å². The minimum Gasteiger partial charge on any atom is -0.349 e. The summed E-state index contributed by atoms with van der Waals surface area (Å²) in [6.07, 6.45) is 11.2. The smallest absolute Gasteiger partial charge is 0.251 e. The summed E-state index contributed by atoms with van der Waals surface area (Å²) in [5.74, 6) is 1.75. The Labute approximate surface area is 207 Å². The first-order valence-electron chi connectivity index (χ1n) is 13.3. The van der Waals surface area contributed by atoms with E-state index in [0.717, 1.165) is 72.6 Å². The summed E-state index contributed by atoms with van der Waals surface area (Å²) in [5, 5.41) is 6.29. The summed E-state index contributed by atoms with van der Waals surface area (Å²) in [7, 11) is 0. The number of fused-ring (bicyclic) bond motifs is 1. The second kappa shape index (κ2) is 10.6. The highest BCUT2D eigenvalue weighted by molar-refractivity contribution is 5.96. The summed E-state index contributed by atoms with van der Waals surface area (Å²) in [6.45, 7) is 2.28. The van der Waals surface area contributed by atoms with E-state index in [1.54, 1.807) is 0 Å². The molecule has 0 saturated heterocycles. The molecule has 2 fully saturated rings. The van der Waals surface area contributed by atoms with Gasteiger partial charge in [-0.25, -0.2) is 4.98 Å². The number of benzene rings is 2. The van der Waals surface area contributed by atoms with Gasteiger partial charge in [0, 0.05) is 28.8 Å². The van der Waals surface area contributed by atoms with Crippen LogP contribution in [-0.2, 0) is 4.79 Å². The Bertz CT molecular complexity index is 1170. The number of H-pyrrole nitrogens is 1. The Morgan fingerprint density at radius 3 is 2.31 bits per heavy atom. The molecule has 2 aliphatic rings. The monoisotopic (exact) mass is 472 g/mol. The molecule has 2 saturated carbocycles. The van der Waals surface area contributed by atoms with Crippen molar-refractivity contribution >= 4 is 28.5 Å². The first kappa shape index (κ1) is 23.6. The van der Waals surface area contributed by atoms with Crippen LogP contribution in [0, 0.1) is 11.8 Å². The molecule has 0 spiro atoms. The van der Waals surface area contributed by atoms with Gasteiger partial charge in [-0.3, -0.25) is 9.59 Å². The molecule has 6 heteroatoms. The topological polar surface area (TPSA) is 86.9 Å². The standard InChI is InChI=1S/C29H36N4O2/c1-19-8-14-23(15-9-19)30-29(35)22-12-10-20(11-13-22)27-32-25-17-16-24(18-26(25)33-27)31-28(34)21-6-4-2-3-5-7-21/h10-13,16-19,21,23H,2-9,14-15H2,1H3,(H,30,35)(H,31,34)(H,32,33). The van der Waals surface area contributed by atoms with Crippen LogP contribution >= 0.6 is 0 Å². The fourth-order valence-corrected chi connectivity index (χ4v) is 5.46. The Kier molecular flexibility index (Phi) is 7.16. The van der Waals surface area contributed by atoms with E-state index in [4.69, 9.17) is 4.98 Å². The van der Waals surface area contributed by atoms with Gasteiger partial charge in [-0.15, -0.1) is 0 Å². The van der Waals surface area contributed by atoms with E-state index in [2.05, 4.69) is 22.5 Å². The van der Waals surface area contributed by atoms with Gasteiger partial charge in [-0.2, -0.15) is 0 Å². The number of carbonyl (C=O) groups excluding carboxylic acids is 2. The molecule has 5 rings (SSSR count). The minimum atomic E-state index is -0.00485. The second-order valence-electron chi connectivity index (χ2n) is 10.5. The lowest BCUT2D eigenvalue weighted by Gasteiger charge is -2.26. The highest BCUT2D eigenvalue weighted by atomic mass is 16.2. The average Bonchev–Trinajstić information content (AvgIpc) is 3.10. The first-order chi connectivity index (χ1) is 17.0. The molecular formula is C29H36N4O2. The van der Waals surface area contributed by atoms with Gasteiger partial charge in [-0.05, 0) is 74.8 Å². The maximum atomic E-state index is 12.7. The number of aromatic nitrogens is 2. The minimum absolute atomic E-state index is 0.00485. The third-order valence-electron chi connectivity index (χ3n) is 7.75. The van der Waals surface area contributed by atoms with Crippen molar-refractivity contribution in [1.82, 2.24) is 15.3 Å². The zero-order valence-electron chi connectivity index (χ0n) is 20.6. The van der Waals surface area contributed by atoms with E-state index in [1.165, 1.54) is 25.7 Å². The Hall–Kier alpha value is -3.15. The molecule has 1 heterocycles. The summed E-state index contributed by atoms with van der Waals surface area (Å²) in [4.78, 5) is 33.5. The third-order valence-corrected chi connectivity index (χ3v) is 7.75. The SMILES string of the molecule is CC1CCC(NC(=O)c2ccc(-c3nc4ccc(NC(=O)C5CCCCCC5)cc4[nH]3)cc2)CC1. The van der Waals surface area contributed by atoms with E-state index in [0.29, 0.717) is 5.56 Å². The van der Waals surface area contributed by atoms with Crippen LogP contribution in [0.1, 0.15) is 81.5 Å². The summed E-state index contributed by atoms with van der Waals surface area (Å²) < 4.78 is 0. The largest absolute Gasteiger partial charge is 0.349 e. The van der Waals surface area contributed by atoms with Crippen LogP contribution in [-0.4, -0.2) is 27.8 Å². The number of nitrogens with one attached hydrogen (secondary N) is 3. The molecule has 1 aromatic heterocycles. The number of amides is 2. The predicted molar refractivity (Wildman–Crippen MR) is 140 cm³/mol. The highest BCUT2D eigenvalue weighted by Gasteiger charge is 2.21. The molecule has 0 unspecified atom stereocenters. The van der Waals surface area contributed by atoms with Gasteiger partial charge in [0.05, 0.1) is 11.0 Å². The van der Waals surface area contributed by atoms with E-state index in [-0.39, 0.29) is 23.8 Å². The van der Waals surface area contributed by atoms with Crippen molar-refractivity contribution in [3.8, 4) is 11.4 Å². The number of aromatic amines is 1. The predicted octanol–water partition coefficient (Wildman–Crippen LogP) is 6.45. The molecule has 2 amide bonds. The van der Waals surface area contributed by atoms with E-state index in [9.17, 15) is 9.59 Å². The van der Waals surface area contributed by atoms with Crippen molar-refractivity contribution in [1.29, 1.82) is 0 Å². The van der Waals surface area contributed by atoms with Crippen LogP contribution in [0.15, 0.2) is 42.5 Å². The fourth-order valence-electron chi connectivity index (χ4n) is 5.46. The second-order valence-corrected chi connectivity index (χ2v) is 10.5. The Morgan fingerprint density at radius 1 is 0.886 bits per heavy atom. The molecule has 3 aromatic rings. The van der Waals surface area contributed by atoms with Gasteiger partial charge < -0.3 is 15.6 Å². The van der Waals surface area contributed by atoms with E-state index < -0.39 is 0 Å². The van der Waals surface area contributed by atoms with Gasteiger partial charge in [0.15, 0.2) is 0 Å². The number of hydrogen-bond acceptors (Lipinski definition) is 3. The lowest BCUT2D eigenvalue weighted by Crippen LogP contribution is -2.37. The maximum absolute atomic E-state index is 12.7. The number of rotatable bonds is 5. The normalized spacial score (nSPS) is 21.4. The quantitative estimate of drug-likeness (QED) is 0.373. The number of anilines is 1. The Balaban J connectivity index is 1.24. The van der Waals surface area contributed by atoms with Crippen molar-refractivity contribution < 1.29 is 9.59 Å².